The summed E-state index contributed by atoms with van der Waals surface area (Å²) < 4.78 is 6.12. The van der Waals surface area contributed by atoms with Gasteiger partial charge in [0.2, 0.25) is 0 Å². The molecule has 0 aromatic carbocycles. The Morgan fingerprint density at radius 3 is 2.47 bits per heavy atom. The predicted octanol–water partition coefficient (Wildman–Crippen LogP) is 14.2. The van der Waals surface area contributed by atoms with Gasteiger partial charge in [0.15, 0.2) is 0 Å². The van der Waals surface area contributed by atoms with Gasteiger partial charge in [-0.2, -0.15) is 0 Å². The topological polar surface area (TPSA) is 26.3 Å². The molecule has 3 fully saturated rings. The van der Waals surface area contributed by atoms with Crippen molar-refractivity contribution in [1.82, 2.24) is 0 Å². The predicted molar refractivity (Wildman–Crippen MR) is 218 cm³/mol. The minimum absolute atomic E-state index is 0.00740. The van der Waals surface area contributed by atoms with Crippen LogP contribution in [0.2, 0.25) is 0 Å². The highest BCUT2D eigenvalue weighted by Gasteiger charge is 2.58. The summed E-state index contributed by atoms with van der Waals surface area (Å²) in [4.78, 5) is 13.1. The molecule has 0 heterocycles. The van der Waals surface area contributed by atoms with Crippen molar-refractivity contribution in [3.63, 3.8) is 0 Å². The Bertz CT molecular complexity index is 1470. The second-order valence-corrected chi connectivity index (χ2v) is 19.1. The van der Waals surface area contributed by atoms with E-state index >= 15 is 0 Å². The van der Waals surface area contributed by atoms with Crippen molar-refractivity contribution >= 4 is 5.97 Å². The third kappa shape index (κ3) is 9.07. The van der Waals surface area contributed by atoms with Gasteiger partial charge in [-0.25, -0.2) is 4.79 Å². The van der Waals surface area contributed by atoms with E-state index < -0.39 is 0 Å². The lowest BCUT2D eigenvalue weighted by molar-refractivity contribution is -0.145. The van der Waals surface area contributed by atoms with Gasteiger partial charge in [-0.1, -0.05) is 126 Å². The summed E-state index contributed by atoms with van der Waals surface area (Å²) in [5, 5.41) is 0. The molecule has 7 atom stereocenters. The fourth-order valence-corrected chi connectivity index (χ4v) is 11.6. The van der Waals surface area contributed by atoms with Crippen molar-refractivity contribution in [2.24, 2.45) is 45.8 Å². The summed E-state index contributed by atoms with van der Waals surface area (Å²) in [7, 11) is 0. The monoisotopic (exact) mass is 695 g/mol. The molecule has 0 N–H and O–H groups in total. The van der Waals surface area contributed by atoms with Crippen LogP contribution in [0.1, 0.15) is 166 Å². The van der Waals surface area contributed by atoms with E-state index in [0.29, 0.717) is 11.3 Å². The molecule has 0 spiro atoms. The molecule has 0 amide bonds. The van der Waals surface area contributed by atoms with Gasteiger partial charge in [-0.15, -0.1) is 0 Å². The van der Waals surface area contributed by atoms with Crippen LogP contribution in [0.15, 0.2) is 82.0 Å². The largest absolute Gasteiger partial charge is 0.459 e. The SMILES string of the molecule is CCC12CCC3C(CC=C4C[C@@H](OC(=O)/C=C(C)/C=C/C=C(C)/C=C/C5=C(C)CCCC5(C)C)CC[C@@]43C)C1CCC2=CC(C)CCCC(C)C. The van der Waals surface area contributed by atoms with Gasteiger partial charge in [-0.3, -0.25) is 0 Å². The highest BCUT2D eigenvalue weighted by molar-refractivity contribution is 5.83. The highest BCUT2D eigenvalue weighted by Crippen LogP contribution is 2.67. The van der Waals surface area contributed by atoms with Crippen LogP contribution >= 0.6 is 0 Å². The van der Waals surface area contributed by atoms with Crippen LogP contribution in [-0.2, 0) is 9.53 Å². The second kappa shape index (κ2) is 16.8. The number of carbonyl (C=O) groups excluding carboxylic acids is 1. The van der Waals surface area contributed by atoms with Crippen LogP contribution < -0.4 is 0 Å². The normalized spacial score (nSPS) is 34.2. The lowest BCUT2D eigenvalue weighted by Crippen LogP contribution is -2.50. The lowest BCUT2D eigenvalue weighted by Gasteiger charge is -2.58. The van der Waals surface area contributed by atoms with Crippen LogP contribution in [0.3, 0.4) is 0 Å². The van der Waals surface area contributed by atoms with Crippen LogP contribution in [0.5, 0.6) is 0 Å². The van der Waals surface area contributed by atoms with Crippen molar-refractivity contribution < 1.29 is 9.53 Å². The maximum atomic E-state index is 13.1. The molecule has 2 nitrogen and oxygen atoms in total. The van der Waals surface area contributed by atoms with Gasteiger partial charge in [0.25, 0.3) is 0 Å². The Kier molecular flexibility index (Phi) is 13.1. The molecule has 0 saturated heterocycles. The molecule has 0 aliphatic heterocycles. The second-order valence-electron chi connectivity index (χ2n) is 19.1. The third-order valence-corrected chi connectivity index (χ3v) is 14.6. The van der Waals surface area contributed by atoms with Gasteiger partial charge in [-0.05, 0) is 155 Å². The Morgan fingerprint density at radius 2 is 1.75 bits per heavy atom. The smallest absolute Gasteiger partial charge is 0.331 e. The summed E-state index contributed by atoms with van der Waals surface area (Å²) in [5.74, 6) is 3.73. The molecule has 282 valence electrons. The molecule has 3 saturated carbocycles. The number of rotatable bonds is 12. The zero-order valence-corrected chi connectivity index (χ0v) is 34.5. The Hall–Kier alpha value is -2.35. The number of carbonyl (C=O) groups is 1. The lowest BCUT2D eigenvalue weighted by atomic mass is 9.47. The van der Waals surface area contributed by atoms with Crippen LogP contribution in [0.4, 0.5) is 0 Å². The van der Waals surface area contributed by atoms with Gasteiger partial charge in [0, 0.05) is 12.5 Å². The Labute approximate surface area is 314 Å². The number of ether oxygens (including phenoxy) is 1. The van der Waals surface area contributed by atoms with Crippen molar-refractivity contribution in [3.05, 3.63) is 82.0 Å². The van der Waals surface area contributed by atoms with Crippen molar-refractivity contribution in [2.45, 2.75) is 172 Å². The first kappa shape index (κ1) is 39.8. The van der Waals surface area contributed by atoms with E-state index in [0.717, 1.165) is 48.5 Å². The summed E-state index contributed by atoms with van der Waals surface area (Å²) in [6, 6.07) is 0. The molecule has 5 rings (SSSR count). The Morgan fingerprint density at radius 1 is 0.961 bits per heavy atom. The molecular formula is C49H74O2. The van der Waals surface area contributed by atoms with Crippen LogP contribution in [0, 0.1) is 45.8 Å². The highest BCUT2D eigenvalue weighted by atomic mass is 16.5. The third-order valence-electron chi connectivity index (χ3n) is 14.6. The van der Waals surface area contributed by atoms with Crippen molar-refractivity contribution in [3.8, 4) is 0 Å². The molecule has 5 unspecified atom stereocenters. The van der Waals surface area contributed by atoms with E-state index in [-0.39, 0.29) is 22.9 Å². The summed E-state index contributed by atoms with van der Waals surface area (Å²) >= 11 is 0. The van der Waals surface area contributed by atoms with Crippen LogP contribution in [-0.4, -0.2) is 12.1 Å². The molecule has 0 bridgehead atoms. The minimum atomic E-state index is -0.198. The van der Waals surface area contributed by atoms with Gasteiger partial charge < -0.3 is 4.74 Å². The fraction of sp³-hybridized carbons (Fsp3) is 0.694. The first-order chi connectivity index (χ1) is 24.2. The minimum Gasteiger partial charge on any atom is -0.459 e. The standard InChI is InChI=1S/C49H74O2/c1-11-49-30-27-44-42(45(49)25-22-40(49)31-36(5)17-12-15-34(2)3)23-21-39-33-41(26-29-48(39,44)10)51-46(50)32-37(6)18-13-16-35(4)20-24-43-38(7)19-14-28-47(43,8)9/h13,16,18,20-21,24,31-32,34,36,41-42,44-45H,11-12,14-15,17,19,22-23,25-30,33H2,1-10H3/b18-13+,24-20+,35-16+,37-32+,40-31?/t36?,41-,42?,44?,45?,48-,49?/m0/s1. The number of hydrogen-bond donors (Lipinski definition) is 0. The summed E-state index contributed by atoms with van der Waals surface area (Å²) in [6.45, 7) is 23.4. The number of allylic oxidation sites excluding steroid dienone is 12. The quantitative estimate of drug-likeness (QED) is 0.0880. The van der Waals surface area contributed by atoms with Gasteiger partial charge in [0.05, 0.1) is 0 Å². The average molecular weight is 695 g/mol. The van der Waals surface area contributed by atoms with E-state index in [9.17, 15) is 4.79 Å². The molecular weight excluding hydrogens is 621 g/mol. The first-order valence-electron chi connectivity index (χ1n) is 21.2. The van der Waals surface area contributed by atoms with E-state index in [2.05, 4.69) is 98.8 Å². The van der Waals surface area contributed by atoms with Gasteiger partial charge in [0.1, 0.15) is 6.10 Å². The molecule has 0 aromatic rings. The molecule has 2 heteroatoms. The molecule has 0 aromatic heterocycles. The molecule has 51 heavy (non-hydrogen) atoms. The van der Waals surface area contributed by atoms with Gasteiger partial charge >= 0.3 is 5.97 Å². The first-order valence-corrected chi connectivity index (χ1v) is 21.2. The van der Waals surface area contributed by atoms with Crippen molar-refractivity contribution in [1.29, 1.82) is 0 Å². The van der Waals surface area contributed by atoms with E-state index in [4.69, 9.17) is 4.74 Å². The van der Waals surface area contributed by atoms with Crippen molar-refractivity contribution in [2.75, 3.05) is 0 Å². The number of hydrogen-bond acceptors (Lipinski definition) is 2. The van der Waals surface area contributed by atoms with E-state index in [1.807, 2.05) is 18.6 Å². The maximum absolute atomic E-state index is 13.1. The van der Waals surface area contributed by atoms with E-state index in [1.165, 1.54) is 93.8 Å². The molecule has 0 radical (unpaired) electrons. The summed E-state index contributed by atoms with van der Waals surface area (Å²) in [5.41, 5.74) is 9.51. The summed E-state index contributed by atoms with van der Waals surface area (Å²) in [6.07, 6.45) is 36.6. The Balaban J connectivity index is 1.17. The number of fused-ring (bicyclic) bond motifs is 5. The average Bonchev–Trinajstić information content (AvgIpc) is 3.42. The maximum Gasteiger partial charge on any atom is 0.331 e. The zero-order chi connectivity index (χ0) is 37.0. The molecule has 5 aliphatic carbocycles. The van der Waals surface area contributed by atoms with E-state index in [1.54, 1.807) is 11.6 Å². The number of esters is 1. The fourth-order valence-electron chi connectivity index (χ4n) is 11.6. The van der Waals surface area contributed by atoms with Crippen LogP contribution in [0.25, 0.3) is 0 Å². The zero-order valence-electron chi connectivity index (χ0n) is 34.5. The molecule has 5 aliphatic rings.